The Morgan fingerprint density at radius 2 is 1.81 bits per heavy atom. The molecule has 2 aliphatic rings. The van der Waals surface area contributed by atoms with Crippen LogP contribution in [-0.2, 0) is 20.9 Å². The van der Waals surface area contributed by atoms with E-state index in [4.69, 9.17) is 24.5 Å². The summed E-state index contributed by atoms with van der Waals surface area (Å²) in [4.78, 5) is 21.0. The number of benzene rings is 1. The molecular formula is C23H31N3O5. The van der Waals surface area contributed by atoms with Gasteiger partial charge in [-0.25, -0.2) is 9.59 Å². The maximum absolute atomic E-state index is 9.10. The fourth-order valence-corrected chi connectivity index (χ4v) is 4.69. The molecule has 2 saturated heterocycles. The Kier molecular flexibility index (Phi) is 7.81. The highest BCUT2D eigenvalue weighted by Gasteiger charge is 2.38. The number of ether oxygens (including phenoxy) is 1. The van der Waals surface area contributed by atoms with Gasteiger partial charge in [0.1, 0.15) is 0 Å². The summed E-state index contributed by atoms with van der Waals surface area (Å²) >= 11 is 0. The standard InChI is InChI=1S/C21H29N3O.C2H2O4/c1-16(15-24-21-6-4-3-5-18(21)13-22-24)14-23-19-7-8-20(23)12-17(11-19)9-10-25-2;3-1(4)2(5)6/h3-6,9,13,16,19-20H,7-8,10-12,14-15H2,1-2H3;(H,3,4)(H,5,6)/b17-9-;/t16-,19+,20-;/m1./s1. The summed E-state index contributed by atoms with van der Waals surface area (Å²) in [5.41, 5.74) is 2.86. The summed E-state index contributed by atoms with van der Waals surface area (Å²) in [5.74, 6) is -3.04. The molecule has 8 nitrogen and oxygen atoms in total. The molecule has 2 N–H and O–H groups in total. The molecule has 2 aromatic rings. The van der Waals surface area contributed by atoms with E-state index >= 15 is 0 Å². The van der Waals surface area contributed by atoms with Gasteiger partial charge in [-0.15, -0.1) is 0 Å². The smallest absolute Gasteiger partial charge is 0.414 e. The molecule has 0 aliphatic carbocycles. The summed E-state index contributed by atoms with van der Waals surface area (Å²) in [7, 11) is 1.78. The predicted molar refractivity (Wildman–Crippen MR) is 117 cm³/mol. The maximum Gasteiger partial charge on any atom is 0.414 e. The summed E-state index contributed by atoms with van der Waals surface area (Å²) in [6.07, 6.45) is 9.47. The summed E-state index contributed by atoms with van der Waals surface area (Å²) in [6, 6.07) is 9.97. The van der Waals surface area contributed by atoms with E-state index in [1.54, 1.807) is 12.7 Å². The maximum atomic E-state index is 9.10. The highest BCUT2D eigenvalue weighted by atomic mass is 16.5. The first-order chi connectivity index (χ1) is 14.9. The second-order valence-corrected chi connectivity index (χ2v) is 8.41. The quantitative estimate of drug-likeness (QED) is 0.537. The van der Waals surface area contributed by atoms with Crippen LogP contribution in [0.15, 0.2) is 42.1 Å². The van der Waals surface area contributed by atoms with Crippen molar-refractivity contribution in [1.29, 1.82) is 0 Å². The molecule has 2 fully saturated rings. The van der Waals surface area contributed by atoms with Crippen LogP contribution < -0.4 is 0 Å². The van der Waals surface area contributed by atoms with Crippen molar-refractivity contribution in [3.8, 4) is 0 Å². The molecule has 0 unspecified atom stereocenters. The number of fused-ring (bicyclic) bond motifs is 3. The van der Waals surface area contributed by atoms with E-state index in [0.717, 1.165) is 25.2 Å². The minimum absolute atomic E-state index is 0.607. The predicted octanol–water partition coefficient (Wildman–Crippen LogP) is 3.03. The molecule has 1 aromatic carbocycles. The van der Waals surface area contributed by atoms with Gasteiger partial charge < -0.3 is 14.9 Å². The highest BCUT2D eigenvalue weighted by molar-refractivity contribution is 6.27. The number of methoxy groups -OCH3 is 1. The first kappa shape index (κ1) is 23.0. The average Bonchev–Trinajstić information content (AvgIpc) is 3.23. The number of aromatic nitrogens is 2. The molecule has 3 atom stereocenters. The fraction of sp³-hybridized carbons (Fsp3) is 0.522. The molecular weight excluding hydrogens is 398 g/mol. The number of nitrogens with zero attached hydrogens (tertiary/aromatic N) is 3. The minimum atomic E-state index is -1.82. The molecule has 0 amide bonds. The van der Waals surface area contributed by atoms with E-state index < -0.39 is 11.9 Å². The van der Waals surface area contributed by atoms with Gasteiger partial charge in [-0.3, -0.25) is 9.58 Å². The van der Waals surface area contributed by atoms with Gasteiger partial charge in [0.05, 0.1) is 18.3 Å². The van der Waals surface area contributed by atoms with Crippen molar-refractivity contribution in [3.05, 3.63) is 42.1 Å². The fourth-order valence-electron chi connectivity index (χ4n) is 4.69. The molecule has 0 radical (unpaired) electrons. The molecule has 0 spiro atoms. The van der Waals surface area contributed by atoms with Crippen LogP contribution in [0.2, 0.25) is 0 Å². The minimum Gasteiger partial charge on any atom is -0.473 e. The van der Waals surface area contributed by atoms with E-state index in [0.29, 0.717) is 5.92 Å². The number of hydrogen-bond acceptors (Lipinski definition) is 5. The van der Waals surface area contributed by atoms with Gasteiger partial charge in [-0.2, -0.15) is 5.10 Å². The lowest BCUT2D eigenvalue weighted by molar-refractivity contribution is -0.159. The molecule has 2 aliphatic heterocycles. The molecule has 2 bridgehead atoms. The van der Waals surface area contributed by atoms with Crippen molar-refractivity contribution in [1.82, 2.24) is 14.7 Å². The molecule has 31 heavy (non-hydrogen) atoms. The third-order valence-electron chi connectivity index (χ3n) is 6.05. The molecule has 0 saturated carbocycles. The van der Waals surface area contributed by atoms with E-state index in [2.05, 4.69) is 51.9 Å². The van der Waals surface area contributed by atoms with Crippen LogP contribution in [0.4, 0.5) is 0 Å². The van der Waals surface area contributed by atoms with Gasteiger partial charge in [-0.1, -0.05) is 36.8 Å². The Balaban J connectivity index is 0.000000401. The van der Waals surface area contributed by atoms with Crippen molar-refractivity contribution in [2.45, 2.75) is 51.2 Å². The van der Waals surface area contributed by atoms with Gasteiger partial charge in [0.15, 0.2) is 0 Å². The number of rotatable bonds is 6. The number of carbonyl (C=O) groups is 2. The summed E-state index contributed by atoms with van der Waals surface area (Å²) < 4.78 is 7.40. The Bertz CT molecular complexity index is 910. The van der Waals surface area contributed by atoms with E-state index in [1.807, 2.05) is 6.20 Å². The molecule has 8 heteroatoms. The third kappa shape index (κ3) is 5.92. The topological polar surface area (TPSA) is 105 Å². The average molecular weight is 430 g/mol. The van der Waals surface area contributed by atoms with E-state index in [1.165, 1.54) is 43.1 Å². The lowest BCUT2D eigenvalue weighted by atomic mass is 9.95. The van der Waals surface area contributed by atoms with Crippen molar-refractivity contribution in [2.24, 2.45) is 5.92 Å². The molecule has 168 valence electrons. The normalized spacial score (nSPS) is 22.8. The number of carboxylic acid groups (broad SMARTS) is 2. The van der Waals surface area contributed by atoms with Crippen LogP contribution in [0, 0.1) is 5.92 Å². The SMILES string of the molecule is COC/C=C1\C[C@H]2CC[C@@H](C1)N2C[C@@H](C)Cn1ncc2ccccc21.O=C(O)C(=O)O. The first-order valence-corrected chi connectivity index (χ1v) is 10.7. The number of aliphatic carboxylic acids is 2. The zero-order chi connectivity index (χ0) is 22.4. The molecule has 1 aromatic heterocycles. The van der Waals surface area contributed by atoms with Crippen LogP contribution in [0.25, 0.3) is 10.9 Å². The molecule has 4 rings (SSSR count). The summed E-state index contributed by atoms with van der Waals surface area (Å²) in [6.45, 7) is 5.31. The first-order valence-electron chi connectivity index (χ1n) is 10.7. The van der Waals surface area contributed by atoms with Crippen molar-refractivity contribution in [2.75, 3.05) is 20.3 Å². The second-order valence-electron chi connectivity index (χ2n) is 8.41. The number of piperidine rings is 1. The number of hydrogen-bond donors (Lipinski definition) is 2. The number of para-hydroxylation sites is 1. The lowest BCUT2D eigenvalue weighted by Crippen LogP contribution is -2.43. The second kappa shape index (κ2) is 10.5. The Labute approximate surface area is 182 Å². The van der Waals surface area contributed by atoms with Gasteiger partial charge in [0.25, 0.3) is 0 Å². The Hall–Kier alpha value is -2.71. The highest BCUT2D eigenvalue weighted by Crippen LogP contribution is 2.38. The van der Waals surface area contributed by atoms with Crippen molar-refractivity contribution < 1.29 is 24.5 Å². The van der Waals surface area contributed by atoms with Crippen LogP contribution in [0.1, 0.15) is 32.6 Å². The van der Waals surface area contributed by atoms with Crippen molar-refractivity contribution >= 4 is 22.8 Å². The van der Waals surface area contributed by atoms with E-state index in [-0.39, 0.29) is 0 Å². The van der Waals surface area contributed by atoms with Gasteiger partial charge in [-0.05, 0) is 37.7 Å². The zero-order valence-corrected chi connectivity index (χ0v) is 18.1. The third-order valence-corrected chi connectivity index (χ3v) is 6.05. The van der Waals surface area contributed by atoms with Gasteiger partial charge in [0, 0.05) is 37.7 Å². The van der Waals surface area contributed by atoms with Crippen LogP contribution >= 0.6 is 0 Å². The van der Waals surface area contributed by atoms with Crippen LogP contribution in [0.5, 0.6) is 0 Å². The number of carboxylic acids is 2. The zero-order valence-electron chi connectivity index (χ0n) is 18.1. The van der Waals surface area contributed by atoms with Crippen molar-refractivity contribution in [3.63, 3.8) is 0 Å². The van der Waals surface area contributed by atoms with Crippen LogP contribution in [0.3, 0.4) is 0 Å². The van der Waals surface area contributed by atoms with Gasteiger partial charge >= 0.3 is 11.9 Å². The van der Waals surface area contributed by atoms with Crippen LogP contribution in [-0.4, -0.2) is 69.2 Å². The largest absolute Gasteiger partial charge is 0.473 e. The lowest BCUT2D eigenvalue weighted by Gasteiger charge is -2.37. The summed E-state index contributed by atoms with van der Waals surface area (Å²) in [5, 5.41) is 20.6. The van der Waals surface area contributed by atoms with Gasteiger partial charge in [0.2, 0.25) is 0 Å². The van der Waals surface area contributed by atoms with E-state index in [9.17, 15) is 0 Å². The Morgan fingerprint density at radius 1 is 1.16 bits per heavy atom. The molecule has 3 heterocycles. The Morgan fingerprint density at radius 3 is 2.42 bits per heavy atom. The monoisotopic (exact) mass is 429 g/mol.